The number of aromatic nitrogens is 4. The maximum atomic E-state index is 10.9. The first-order valence-electron chi connectivity index (χ1n) is 6.74. The fraction of sp³-hybridized carbons (Fsp3) is 0.111. The van der Waals surface area contributed by atoms with Gasteiger partial charge in [0.1, 0.15) is 5.15 Å². The highest BCUT2D eigenvalue weighted by Gasteiger charge is 1.97. The average Bonchev–Trinajstić information content (AvgIpc) is 2.54. The summed E-state index contributed by atoms with van der Waals surface area (Å²) in [5.74, 6) is 0. The Morgan fingerprint density at radius 2 is 1.46 bits per heavy atom. The molecule has 0 aliphatic rings. The molecule has 0 atom stereocenters. The topological polar surface area (TPSA) is 71.5 Å². The van der Waals surface area contributed by atoms with Gasteiger partial charge in [0.05, 0.1) is 22.1 Å². The van der Waals surface area contributed by atoms with Gasteiger partial charge in [-0.1, -0.05) is 26.5 Å². The first-order chi connectivity index (χ1) is 11.5. The normalized spacial score (nSPS) is 9.65. The van der Waals surface area contributed by atoms with E-state index in [9.17, 15) is 4.79 Å². The van der Waals surface area contributed by atoms with Crippen molar-refractivity contribution in [1.29, 1.82) is 0 Å². The molecule has 0 spiro atoms. The molecule has 5 nitrogen and oxygen atoms in total. The number of nitrogens with zero attached hydrogens (tertiary/aromatic N) is 3. The molecule has 1 N–H and O–H groups in total. The van der Waals surface area contributed by atoms with Crippen molar-refractivity contribution in [2.24, 2.45) is 0 Å². The third kappa shape index (κ3) is 5.85. The summed E-state index contributed by atoms with van der Waals surface area (Å²) in [5, 5.41) is 0.506. The standard InChI is InChI=1S/C8H4ClIN2.C8H5IN2O.2CH4/c9-8-2-1-6-7(12-8)3-5(10)4-11-6;9-5-3-7-6(10-4-5)1-2-8(12)11-7;;/h1-4H;1-4H,(H,11,12);2*1H4. The van der Waals surface area contributed by atoms with E-state index < -0.39 is 0 Å². The maximum absolute atomic E-state index is 10.9. The van der Waals surface area contributed by atoms with Crippen molar-refractivity contribution < 1.29 is 0 Å². The van der Waals surface area contributed by atoms with E-state index in [0.717, 1.165) is 29.2 Å². The van der Waals surface area contributed by atoms with Crippen LogP contribution in [0.25, 0.3) is 22.1 Å². The van der Waals surface area contributed by atoms with E-state index in [2.05, 4.69) is 65.1 Å². The van der Waals surface area contributed by atoms with Gasteiger partial charge in [0.2, 0.25) is 5.56 Å². The van der Waals surface area contributed by atoms with Crippen LogP contribution in [0.1, 0.15) is 14.9 Å². The lowest BCUT2D eigenvalue weighted by atomic mass is 10.3. The summed E-state index contributed by atoms with van der Waals surface area (Å²) >= 11 is 10.1. The number of halogens is 3. The summed E-state index contributed by atoms with van der Waals surface area (Å²) in [5.41, 5.74) is 3.23. The largest absolute Gasteiger partial charge is 0.321 e. The quantitative estimate of drug-likeness (QED) is 0.210. The predicted molar refractivity (Wildman–Crippen MR) is 126 cm³/mol. The van der Waals surface area contributed by atoms with Crippen LogP contribution in [0.4, 0.5) is 0 Å². The Morgan fingerprint density at radius 1 is 0.846 bits per heavy atom. The second-order valence-electron chi connectivity index (χ2n) is 4.73. The van der Waals surface area contributed by atoms with Crippen molar-refractivity contribution in [2.75, 3.05) is 0 Å². The summed E-state index contributed by atoms with van der Waals surface area (Å²) in [6.45, 7) is 0. The zero-order valence-corrected chi connectivity index (χ0v) is 17.1. The van der Waals surface area contributed by atoms with Crippen LogP contribution in [-0.2, 0) is 0 Å². The molecule has 26 heavy (non-hydrogen) atoms. The SMILES string of the molecule is C.C.Clc1ccc2ncc(I)cc2n1.O=c1ccc2ncc(I)cc2[nH]1. The Balaban J connectivity index is 0.000000241. The zero-order chi connectivity index (χ0) is 17.1. The first-order valence-corrected chi connectivity index (χ1v) is 9.27. The second kappa shape index (κ2) is 10.1. The lowest BCUT2D eigenvalue weighted by Crippen LogP contribution is -2.02. The smallest absolute Gasteiger partial charge is 0.248 e. The van der Waals surface area contributed by atoms with Gasteiger partial charge in [-0.05, 0) is 75.5 Å². The molecule has 4 rings (SSSR count). The number of nitrogens with one attached hydrogen (secondary N) is 1. The summed E-state index contributed by atoms with van der Waals surface area (Å²) in [6.07, 6.45) is 3.57. The van der Waals surface area contributed by atoms with Gasteiger partial charge < -0.3 is 4.98 Å². The third-order valence-electron chi connectivity index (χ3n) is 3.01. The minimum absolute atomic E-state index is 0. The van der Waals surface area contributed by atoms with Crippen molar-refractivity contribution in [2.45, 2.75) is 14.9 Å². The minimum Gasteiger partial charge on any atom is -0.321 e. The molecule has 0 unspecified atom stereocenters. The molecule has 8 heteroatoms. The van der Waals surface area contributed by atoms with Gasteiger partial charge in [-0.25, -0.2) is 4.98 Å². The molecule has 0 bridgehead atoms. The number of fused-ring (bicyclic) bond motifs is 2. The predicted octanol–water partition coefficient (Wildman–Crippen LogP) is 5.69. The Morgan fingerprint density at radius 3 is 2.19 bits per heavy atom. The lowest BCUT2D eigenvalue weighted by molar-refractivity contribution is 1.27. The summed E-state index contributed by atoms with van der Waals surface area (Å²) < 4.78 is 2.08. The van der Waals surface area contributed by atoms with E-state index >= 15 is 0 Å². The van der Waals surface area contributed by atoms with E-state index in [4.69, 9.17) is 11.6 Å². The molecule has 0 saturated heterocycles. The molecule has 0 amide bonds. The fourth-order valence-electron chi connectivity index (χ4n) is 1.97. The highest BCUT2D eigenvalue weighted by atomic mass is 127. The van der Waals surface area contributed by atoms with Gasteiger partial charge in [-0.15, -0.1) is 0 Å². The van der Waals surface area contributed by atoms with Gasteiger partial charge in [-0.3, -0.25) is 14.8 Å². The Bertz CT molecular complexity index is 1050. The summed E-state index contributed by atoms with van der Waals surface area (Å²) in [4.78, 5) is 26.1. The molecule has 4 heterocycles. The number of aromatic amines is 1. The molecule has 136 valence electrons. The molecule has 0 fully saturated rings. The fourth-order valence-corrected chi connectivity index (χ4v) is 3.01. The van der Waals surface area contributed by atoms with Crippen LogP contribution in [0.3, 0.4) is 0 Å². The summed E-state index contributed by atoms with van der Waals surface area (Å²) in [7, 11) is 0. The molecule has 0 radical (unpaired) electrons. The minimum atomic E-state index is -0.0914. The van der Waals surface area contributed by atoms with Crippen molar-refractivity contribution in [1.82, 2.24) is 19.9 Å². The van der Waals surface area contributed by atoms with Gasteiger partial charge in [0.25, 0.3) is 0 Å². The zero-order valence-electron chi connectivity index (χ0n) is 12.0. The lowest BCUT2D eigenvalue weighted by Gasteiger charge is -1.96. The third-order valence-corrected chi connectivity index (χ3v) is 4.40. The molecular weight excluding hydrogens is 577 g/mol. The van der Waals surface area contributed by atoms with E-state index in [0.29, 0.717) is 5.15 Å². The van der Waals surface area contributed by atoms with Crippen molar-refractivity contribution in [3.05, 3.63) is 71.4 Å². The van der Waals surface area contributed by atoms with Crippen LogP contribution >= 0.6 is 56.8 Å². The first kappa shape index (κ1) is 22.7. The molecule has 0 aliphatic carbocycles. The average molecular weight is 595 g/mol. The second-order valence-corrected chi connectivity index (χ2v) is 7.61. The van der Waals surface area contributed by atoms with Crippen molar-refractivity contribution in [3.8, 4) is 0 Å². The van der Waals surface area contributed by atoms with Crippen LogP contribution < -0.4 is 5.56 Å². The molecule has 0 aromatic carbocycles. The maximum Gasteiger partial charge on any atom is 0.248 e. The Labute approximate surface area is 183 Å². The van der Waals surface area contributed by atoms with Crippen LogP contribution in [0.15, 0.2) is 53.6 Å². The highest BCUT2D eigenvalue weighted by Crippen LogP contribution is 2.15. The molecule has 4 aromatic heterocycles. The molecular formula is C18H17ClI2N4O. The monoisotopic (exact) mass is 594 g/mol. The number of pyridine rings is 4. The molecule has 0 saturated carbocycles. The summed E-state index contributed by atoms with van der Waals surface area (Å²) in [6, 6.07) is 10.6. The van der Waals surface area contributed by atoms with Gasteiger partial charge >= 0.3 is 0 Å². The number of H-pyrrole nitrogens is 1. The number of hydrogen-bond donors (Lipinski definition) is 1. The Hall–Kier alpha value is -1.33. The molecule has 4 aromatic rings. The van der Waals surface area contributed by atoms with E-state index in [1.807, 2.05) is 18.2 Å². The van der Waals surface area contributed by atoms with Crippen LogP contribution in [-0.4, -0.2) is 19.9 Å². The van der Waals surface area contributed by atoms with E-state index in [1.54, 1.807) is 24.5 Å². The van der Waals surface area contributed by atoms with Crippen LogP contribution in [0, 0.1) is 7.14 Å². The van der Waals surface area contributed by atoms with Gasteiger partial charge in [0, 0.05) is 25.6 Å². The van der Waals surface area contributed by atoms with E-state index in [-0.39, 0.29) is 20.4 Å². The van der Waals surface area contributed by atoms with Crippen LogP contribution in [0.2, 0.25) is 5.15 Å². The highest BCUT2D eigenvalue weighted by molar-refractivity contribution is 14.1. The van der Waals surface area contributed by atoms with Crippen molar-refractivity contribution in [3.63, 3.8) is 0 Å². The molecule has 0 aliphatic heterocycles. The van der Waals surface area contributed by atoms with Crippen LogP contribution in [0.5, 0.6) is 0 Å². The van der Waals surface area contributed by atoms with Gasteiger partial charge in [0.15, 0.2) is 0 Å². The Kier molecular flexibility index (Phi) is 8.84. The number of rotatable bonds is 0. The van der Waals surface area contributed by atoms with E-state index in [1.165, 1.54) is 6.07 Å². The van der Waals surface area contributed by atoms with Gasteiger partial charge in [-0.2, -0.15) is 0 Å². The number of hydrogen-bond acceptors (Lipinski definition) is 4. The van der Waals surface area contributed by atoms with Crippen molar-refractivity contribution >= 4 is 78.8 Å².